The van der Waals surface area contributed by atoms with Gasteiger partial charge in [-0.05, 0) is 24.6 Å². The highest BCUT2D eigenvalue weighted by Crippen LogP contribution is 2.27. The number of ether oxygens (including phenoxy) is 2. The number of rotatable bonds is 3. The van der Waals surface area contributed by atoms with Gasteiger partial charge in [-0.2, -0.15) is 0 Å². The lowest BCUT2D eigenvalue weighted by Gasteiger charge is -2.31. The van der Waals surface area contributed by atoms with Crippen molar-refractivity contribution in [1.29, 1.82) is 0 Å². The van der Waals surface area contributed by atoms with Gasteiger partial charge in [0.1, 0.15) is 6.17 Å². The molecule has 2 aliphatic heterocycles. The van der Waals surface area contributed by atoms with E-state index >= 15 is 0 Å². The highest BCUT2D eigenvalue weighted by Gasteiger charge is 2.38. The maximum absolute atomic E-state index is 12.4. The van der Waals surface area contributed by atoms with Gasteiger partial charge in [-0.25, -0.2) is 0 Å². The number of hydrogen-bond donors (Lipinski definition) is 1. The molecular formula is C15H19ClN2O3. The van der Waals surface area contributed by atoms with Crippen LogP contribution in [0.5, 0.6) is 0 Å². The van der Waals surface area contributed by atoms with Gasteiger partial charge >= 0.3 is 0 Å². The molecule has 1 N–H and O–H groups in total. The van der Waals surface area contributed by atoms with Gasteiger partial charge in [-0.3, -0.25) is 10.1 Å². The molecule has 5 nitrogen and oxygen atoms in total. The molecule has 2 saturated heterocycles. The first-order valence-corrected chi connectivity index (χ1v) is 7.54. The summed E-state index contributed by atoms with van der Waals surface area (Å²) in [7, 11) is 0. The molecule has 1 aromatic carbocycles. The van der Waals surface area contributed by atoms with Crippen molar-refractivity contribution in [3.63, 3.8) is 0 Å². The Hall–Kier alpha value is -1.14. The maximum atomic E-state index is 12.4. The van der Waals surface area contributed by atoms with E-state index in [0.29, 0.717) is 31.4 Å². The van der Waals surface area contributed by atoms with Crippen LogP contribution in [0, 0.1) is 0 Å². The third-order valence-corrected chi connectivity index (χ3v) is 4.10. The Labute approximate surface area is 129 Å². The number of nitrogens with zero attached hydrogens (tertiary/aromatic N) is 1. The zero-order chi connectivity index (χ0) is 14.8. The Bertz CT molecular complexity index is 502. The summed E-state index contributed by atoms with van der Waals surface area (Å²) in [5, 5.41) is 4.00. The Morgan fingerprint density at radius 3 is 2.76 bits per heavy atom. The molecule has 0 aliphatic carbocycles. The van der Waals surface area contributed by atoms with E-state index in [4.69, 9.17) is 21.1 Å². The molecule has 2 heterocycles. The quantitative estimate of drug-likeness (QED) is 0.921. The van der Waals surface area contributed by atoms with Crippen molar-refractivity contribution in [3.8, 4) is 0 Å². The molecule has 3 rings (SSSR count). The van der Waals surface area contributed by atoms with Crippen molar-refractivity contribution < 1.29 is 14.3 Å². The first-order valence-electron chi connectivity index (χ1n) is 7.16. The van der Waals surface area contributed by atoms with Gasteiger partial charge in [-0.15, -0.1) is 0 Å². The van der Waals surface area contributed by atoms with Crippen LogP contribution in [0.4, 0.5) is 0 Å². The second kappa shape index (κ2) is 6.32. The molecule has 6 heteroatoms. The summed E-state index contributed by atoms with van der Waals surface area (Å²) in [6, 6.07) is 7.36. The van der Waals surface area contributed by atoms with Crippen LogP contribution in [0.15, 0.2) is 24.3 Å². The van der Waals surface area contributed by atoms with E-state index in [2.05, 4.69) is 5.32 Å². The van der Waals surface area contributed by atoms with E-state index in [1.54, 1.807) is 0 Å². The monoisotopic (exact) mass is 310 g/mol. The van der Waals surface area contributed by atoms with Crippen LogP contribution in [-0.4, -0.2) is 49.3 Å². The molecule has 114 valence electrons. The third kappa shape index (κ3) is 3.21. The topological polar surface area (TPSA) is 50.8 Å². The average molecular weight is 311 g/mol. The van der Waals surface area contributed by atoms with Crippen LogP contribution < -0.4 is 5.32 Å². The lowest BCUT2D eigenvalue weighted by atomic mass is 10.1. The van der Waals surface area contributed by atoms with Gasteiger partial charge in [-0.1, -0.05) is 23.7 Å². The molecule has 0 aromatic heterocycles. The van der Waals surface area contributed by atoms with Crippen molar-refractivity contribution in [2.75, 3.05) is 26.4 Å². The van der Waals surface area contributed by atoms with E-state index in [1.807, 2.05) is 36.1 Å². The zero-order valence-electron chi connectivity index (χ0n) is 11.9. The molecular weight excluding hydrogens is 292 g/mol. The number of hydrogen-bond acceptors (Lipinski definition) is 4. The summed E-state index contributed by atoms with van der Waals surface area (Å²) in [5.74, 6) is 0.0872. The molecule has 3 unspecified atom stereocenters. The smallest absolute Gasteiger partial charge is 0.241 e. The Balaban J connectivity index is 1.77. The summed E-state index contributed by atoms with van der Waals surface area (Å²) < 4.78 is 11.1. The van der Waals surface area contributed by atoms with Crippen molar-refractivity contribution >= 4 is 17.5 Å². The minimum Gasteiger partial charge on any atom is -0.376 e. The minimum atomic E-state index is -0.199. The summed E-state index contributed by atoms with van der Waals surface area (Å²) >= 11 is 5.93. The van der Waals surface area contributed by atoms with Crippen molar-refractivity contribution in [2.45, 2.75) is 25.2 Å². The third-order valence-electron chi connectivity index (χ3n) is 3.84. The van der Waals surface area contributed by atoms with E-state index in [1.165, 1.54) is 0 Å². The first kappa shape index (κ1) is 14.8. The maximum Gasteiger partial charge on any atom is 0.241 e. The van der Waals surface area contributed by atoms with Crippen LogP contribution in [0.3, 0.4) is 0 Å². The number of carbonyl (C=O) groups is 1. The van der Waals surface area contributed by atoms with Crippen LogP contribution in [0.2, 0.25) is 5.02 Å². The van der Waals surface area contributed by atoms with Gasteiger partial charge < -0.3 is 14.4 Å². The molecule has 0 spiro atoms. The Kier molecular flexibility index (Phi) is 4.45. The van der Waals surface area contributed by atoms with Gasteiger partial charge in [0.2, 0.25) is 5.91 Å². The van der Waals surface area contributed by atoms with Crippen molar-refractivity contribution in [3.05, 3.63) is 34.9 Å². The minimum absolute atomic E-state index is 0.0652. The molecule has 2 aliphatic rings. The number of amides is 1. The fourth-order valence-corrected chi connectivity index (χ4v) is 2.88. The summed E-state index contributed by atoms with van der Waals surface area (Å²) in [5.41, 5.74) is 1.02. The molecule has 21 heavy (non-hydrogen) atoms. The second-order valence-electron chi connectivity index (χ2n) is 5.40. The molecule has 2 fully saturated rings. The summed E-state index contributed by atoms with van der Waals surface area (Å²) in [6.07, 6.45) is -0.208. The predicted molar refractivity (Wildman–Crippen MR) is 79.1 cm³/mol. The average Bonchev–Trinajstić information content (AvgIpc) is 2.78. The van der Waals surface area contributed by atoms with Gasteiger partial charge in [0.25, 0.3) is 0 Å². The van der Waals surface area contributed by atoms with E-state index in [-0.39, 0.29) is 24.2 Å². The Morgan fingerprint density at radius 2 is 2.10 bits per heavy atom. The number of halogens is 1. The Morgan fingerprint density at radius 1 is 1.33 bits per heavy atom. The predicted octanol–water partition coefficient (Wildman–Crippen LogP) is 1.57. The molecule has 1 amide bonds. The van der Waals surface area contributed by atoms with Crippen LogP contribution in [0.25, 0.3) is 0 Å². The summed E-state index contributed by atoms with van der Waals surface area (Å²) in [4.78, 5) is 14.2. The molecule has 3 atom stereocenters. The van der Waals surface area contributed by atoms with Crippen LogP contribution >= 0.6 is 11.6 Å². The van der Waals surface area contributed by atoms with E-state index in [0.717, 1.165) is 5.56 Å². The number of benzene rings is 1. The van der Waals surface area contributed by atoms with Crippen molar-refractivity contribution in [1.82, 2.24) is 10.2 Å². The molecule has 0 saturated carbocycles. The zero-order valence-corrected chi connectivity index (χ0v) is 12.7. The first-order chi connectivity index (χ1) is 10.1. The normalized spacial score (nSPS) is 29.9. The van der Waals surface area contributed by atoms with Gasteiger partial charge in [0.05, 0.1) is 38.5 Å². The highest BCUT2D eigenvalue weighted by molar-refractivity contribution is 6.30. The fourth-order valence-electron chi connectivity index (χ4n) is 2.75. The van der Waals surface area contributed by atoms with E-state index < -0.39 is 0 Å². The summed E-state index contributed by atoms with van der Waals surface area (Å²) in [6.45, 7) is 4.15. The fraction of sp³-hybridized carbons (Fsp3) is 0.533. The highest BCUT2D eigenvalue weighted by atomic mass is 35.5. The SMILES string of the molecule is CC1NC(c2ccc(Cl)cc2)N(CC2COCCO2)C1=O. The number of carbonyl (C=O) groups excluding carboxylic acids is 1. The molecule has 0 radical (unpaired) electrons. The van der Waals surface area contributed by atoms with Crippen LogP contribution in [0.1, 0.15) is 18.7 Å². The largest absolute Gasteiger partial charge is 0.376 e. The van der Waals surface area contributed by atoms with E-state index in [9.17, 15) is 4.79 Å². The van der Waals surface area contributed by atoms with Crippen LogP contribution in [-0.2, 0) is 14.3 Å². The number of nitrogens with one attached hydrogen (secondary N) is 1. The van der Waals surface area contributed by atoms with Gasteiger partial charge in [0.15, 0.2) is 0 Å². The second-order valence-corrected chi connectivity index (χ2v) is 5.84. The van der Waals surface area contributed by atoms with Crippen molar-refractivity contribution in [2.24, 2.45) is 0 Å². The standard InChI is InChI=1S/C15H19ClN2O3/c1-10-15(19)18(8-13-9-20-6-7-21-13)14(17-10)11-2-4-12(16)5-3-11/h2-5,10,13-14,17H,6-9H2,1H3. The lowest BCUT2D eigenvalue weighted by Crippen LogP contribution is -2.42. The molecule has 0 bridgehead atoms. The van der Waals surface area contributed by atoms with Gasteiger partial charge in [0, 0.05) is 5.02 Å². The lowest BCUT2D eigenvalue weighted by molar-refractivity contribution is -0.137. The molecule has 1 aromatic rings.